The molecule has 0 aromatic heterocycles. The van der Waals surface area contributed by atoms with E-state index in [0.29, 0.717) is 36.4 Å². The molecule has 2 aliphatic heterocycles. The van der Waals surface area contributed by atoms with Gasteiger partial charge in [0.05, 0.1) is 4.90 Å². The van der Waals surface area contributed by atoms with Crippen LogP contribution in [0.1, 0.15) is 25.3 Å². The van der Waals surface area contributed by atoms with E-state index in [1.807, 2.05) is 6.92 Å². The molecule has 1 saturated heterocycles. The minimum atomic E-state index is -3.54. The van der Waals surface area contributed by atoms with Gasteiger partial charge in [0, 0.05) is 24.7 Å². The van der Waals surface area contributed by atoms with Crippen molar-refractivity contribution in [2.75, 3.05) is 13.3 Å². The molecule has 0 saturated carbocycles. The number of ether oxygens (including phenoxy) is 2. The van der Waals surface area contributed by atoms with Crippen molar-refractivity contribution < 1.29 is 17.9 Å². The molecule has 2 N–H and O–H groups in total. The Morgan fingerprint density at radius 2 is 1.95 bits per heavy atom. The average Bonchev–Trinajstić information content (AvgIpc) is 2.84. The largest absolute Gasteiger partial charge is 0.454 e. The van der Waals surface area contributed by atoms with Crippen molar-refractivity contribution in [3.63, 3.8) is 0 Å². The van der Waals surface area contributed by atoms with Gasteiger partial charge in [-0.25, -0.2) is 8.42 Å². The molecule has 2 unspecified atom stereocenters. The van der Waals surface area contributed by atoms with Crippen LogP contribution in [0.5, 0.6) is 11.5 Å². The number of nitrogens with zero attached hydrogens (tertiary/aromatic N) is 1. The third-order valence-corrected chi connectivity index (χ3v) is 6.27. The lowest BCUT2D eigenvalue weighted by molar-refractivity contribution is 0.174. The zero-order chi connectivity index (χ0) is 15.2. The molecule has 2 atom stereocenters. The highest BCUT2D eigenvalue weighted by atomic mass is 32.2. The van der Waals surface area contributed by atoms with E-state index in [4.69, 9.17) is 15.2 Å². The number of sulfonamides is 1. The Morgan fingerprint density at radius 1 is 1.29 bits per heavy atom. The summed E-state index contributed by atoms with van der Waals surface area (Å²) in [6, 6.07) is 3.26. The molecule has 2 aliphatic rings. The Kier molecular flexibility index (Phi) is 3.59. The summed E-state index contributed by atoms with van der Waals surface area (Å²) in [6.45, 7) is 4.26. The first kappa shape index (κ1) is 14.6. The van der Waals surface area contributed by atoms with Gasteiger partial charge in [0.2, 0.25) is 16.8 Å². The van der Waals surface area contributed by atoms with E-state index < -0.39 is 10.0 Å². The first-order chi connectivity index (χ1) is 9.89. The van der Waals surface area contributed by atoms with Crippen LogP contribution >= 0.6 is 0 Å². The van der Waals surface area contributed by atoms with Crippen LogP contribution < -0.4 is 15.2 Å². The number of aryl methyl sites for hydroxylation is 1. The summed E-state index contributed by atoms with van der Waals surface area (Å²) in [6.07, 6.45) is 1.37. The topological polar surface area (TPSA) is 81.9 Å². The number of hydrogen-bond donors (Lipinski definition) is 1. The van der Waals surface area contributed by atoms with E-state index in [9.17, 15) is 8.42 Å². The smallest absolute Gasteiger partial charge is 0.243 e. The highest BCUT2D eigenvalue weighted by molar-refractivity contribution is 7.89. The molecule has 2 heterocycles. The van der Waals surface area contributed by atoms with Crippen LogP contribution in [0, 0.1) is 6.92 Å². The summed E-state index contributed by atoms with van der Waals surface area (Å²) in [7, 11) is -3.54. The zero-order valence-corrected chi connectivity index (χ0v) is 13.0. The second kappa shape index (κ2) is 5.15. The number of rotatable bonds is 2. The Labute approximate surface area is 124 Å². The van der Waals surface area contributed by atoms with E-state index >= 15 is 0 Å². The number of piperidine rings is 1. The second-order valence-corrected chi connectivity index (χ2v) is 7.58. The maximum atomic E-state index is 12.9. The second-order valence-electron chi connectivity index (χ2n) is 5.72. The quantitative estimate of drug-likeness (QED) is 0.888. The van der Waals surface area contributed by atoms with Gasteiger partial charge < -0.3 is 15.2 Å². The molecule has 116 valence electrons. The summed E-state index contributed by atoms with van der Waals surface area (Å²) in [5.41, 5.74) is 6.58. The Morgan fingerprint density at radius 3 is 2.62 bits per heavy atom. The summed E-state index contributed by atoms with van der Waals surface area (Å²) in [5.74, 6) is 1.08. The van der Waals surface area contributed by atoms with Gasteiger partial charge in [-0.15, -0.1) is 0 Å². The van der Waals surface area contributed by atoms with Crippen LogP contribution in [0.15, 0.2) is 17.0 Å². The van der Waals surface area contributed by atoms with E-state index in [2.05, 4.69) is 0 Å². The predicted molar refractivity (Wildman–Crippen MR) is 77.9 cm³/mol. The van der Waals surface area contributed by atoms with Crippen molar-refractivity contribution in [1.29, 1.82) is 0 Å². The highest BCUT2D eigenvalue weighted by Crippen LogP contribution is 2.37. The molecule has 0 amide bonds. The maximum absolute atomic E-state index is 12.9. The molecule has 0 radical (unpaired) electrons. The number of fused-ring (bicyclic) bond motifs is 1. The molecule has 0 bridgehead atoms. The van der Waals surface area contributed by atoms with Crippen LogP contribution in [-0.2, 0) is 10.0 Å². The highest BCUT2D eigenvalue weighted by Gasteiger charge is 2.35. The minimum absolute atomic E-state index is 0.0734. The van der Waals surface area contributed by atoms with Gasteiger partial charge in [-0.1, -0.05) is 0 Å². The van der Waals surface area contributed by atoms with E-state index in [0.717, 1.165) is 0 Å². The van der Waals surface area contributed by atoms with Crippen molar-refractivity contribution in [3.8, 4) is 11.5 Å². The summed E-state index contributed by atoms with van der Waals surface area (Å²) < 4.78 is 37.9. The maximum Gasteiger partial charge on any atom is 0.243 e. The third-order valence-electron chi connectivity index (χ3n) is 4.11. The SMILES string of the molecule is Cc1cc2c(cc1S(=O)(=O)N1CCC(N)CC1C)OCO2. The summed E-state index contributed by atoms with van der Waals surface area (Å²) in [4.78, 5) is 0.286. The Bertz CT molecular complexity index is 659. The molecule has 1 aromatic carbocycles. The van der Waals surface area contributed by atoms with Gasteiger partial charge in [-0.05, 0) is 38.3 Å². The van der Waals surface area contributed by atoms with Gasteiger partial charge in [-0.2, -0.15) is 4.31 Å². The molecule has 0 aliphatic carbocycles. The van der Waals surface area contributed by atoms with Crippen molar-refractivity contribution in [3.05, 3.63) is 17.7 Å². The summed E-state index contributed by atoms with van der Waals surface area (Å²) >= 11 is 0. The molecular weight excluding hydrogens is 292 g/mol. The first-order valence-corrected chi connectivity index (χ1v) is 8.51. The number of benzene rings is 1. The molecule has 0 spiro atoms. The molecule has 6 nitrogen and oxygen atoms in total. The number of nitrogens with two attached hydrogens (primary N) is 1. The normalized spacial score (nSPS) is 26.0. The standard InChI is InChI=1S/C14H20N2O4S/c1-9-5-12-13(20-8-19-12)7-14(9)21(17,18)16-4-3-11(15)6-10(16)2/h5,7,10-11H,3-4,6,8,15H2,1-2H3. The first-order valence-electron chi connectivity index (χ1n) is 7.07. The number of hydrogen-bond acceptors (Lipinski definition) is 5. The zero-order valence-electron chi connectivity index (χ0n) is 12.2. The van der Waals surface area contributed by atoms with Gasteiger partial charge in [-0.3, -0.25) is 0 Å². The molecular formula is C14H20N2O4S. The van der Waals surface area contributed by atoms with Crippen molar-refractivity contribution in [1.82, 2.24) is 4.31 Å². The molecule has 1 aromatic rings. The average molecular weight is 312 g/mol. The lowest BCUT2D eigenvalue weighted by Crippen LogP contribution is -2.48. The predicted octanol–water partition coefficient (Wildman–Crippen LogP) is 1.22. The van der Waals surface area contributed by atoms with Gasteiger partial charge in [0.25, 0.3) is 0 Å². The van der Waals surface area contributed by atoms with Gasteiger partial charge >= 0.3 is 0 Å². The Balaban J connectivity index is 1.99. The van der Waals surface area contributed by atoms with Crippen LogP contribution in [0.3, 0.4) is 0 Å². The van der Waals surface area contributed by atoms with Gasteiger partial charge in [0.1, 0.15) is 0 Å². The third kappa shape index (κ3) is 2.49. The fourth-order valence-corrected chi connectivity index (χ4v) is 4.85. The minimum Gasteiger partial charge on any atom is -0.454 e. The van der Waals surface area contributed by atoms with Crippen molar-refractivity contribution in [2.45, 2.75) is 43.7 Å². The fourth-order valence-electron chi connectivity index (χ4n) is 2.97. The van der Waals surface area contributed by atoms with Crippen LogP contribution in [-0.4, -0.2) is 38.1 Å². The molecule has 3 rings (SSSR count). The lowest BCUT2D eigenvalue weighted by Gasteiger charge is -2.35. The lowest BCUT2D eigenvalue weighted by atomic mass is 10.0. The van der Waals surface area contributed by atoms with Crippen molar-refractivity contribution in [2.24, 2.45) is 5.73 Å². The van der Waals surface area contributed by atoms with Crippen LogP contribution in [0.4, 0.5) is 0 Å². The van der Waals surface area contributed by atoms with Crippen LogP contribution in [0.2, 0.25) is 0 Å². The molecule has 21 heavy (non-hydrogen) atoms. The monoisotopic (exact) mass is 312 g/mol. The molecule has 7 heteroatoms. The summed E-state index contributed by atoms with van der Waals surface area (Å²) in [5, 5.41) is 0. The van der Waals surface area contributed by atoms with Crippen LogP contribution in [0.25, 0.3) is 0 Å². The Hall–Kier alpha value is -1.31. The van der Waals surface area contributed by atoms with Gasteiger partial charge in [0.15, 0.2) is 11.5 Å². The van der Waals surface area contributed by atoms with Crippen molar-refractivity contribution >= 4 is 10.0 Å². The fraction of sp³-hybridized carbons (Fsp3) is 0.571. The van der Waals surface area contributed by atoms with E-state index in [1.165, 1.54) is 0 Å². The van der Waals surface area contributed by atoms with E-state index in [-0.39, 0.29) is 23.8 Å². The molecule has 1 fully saturated rings. The van der Waals surface area contributed by atoms with E-state index in [1.54, 1.807) is 23.4 Å².